The highest BCUT2D eigenvalue weighted by atomic mass is 16.5. The van der Waals surface area contributed by atoms with Crippen molar-refractivity contribution in [1.82, 2.24) is 25.2 Å². The van der Waals surface area contributed by atoms with E-state index in [0.29, 0.717) is 24.5 Å². The lowest BCUT2D eigenvalue weighted by Gasteiger charge is -2.34. The number of nitrogens with zero attached hydrogens (tertiary/aromatic N) is 4. The van der Waals surface area contributed by atoms with E-state index in [-0.39, 0.29) is 30.5 Å². The fraction of sp³-hybridized carbons (Fsp3) is 0.481. The molecule has 2 fully saturated rings. The Kier molecular flexibility index (Phi) is 7.46. The van der Waals surface area contributed by atoms with Crippen LogP contribution in [-0.4, -0.2) is 64.1 Å². The third kappa shape index (κ3) is 5.36. The molecule has 1 aliphatic carbocycles. The molecule has 0 unspecified atom stereocenters. The normalized spacial score (nSPS) is 18.9. The molecular formula is C27H33N5O4. The largest absolute Gasteiger partial charge is 0.497 e. The van der Waals surface area contributed by atoms with Crippen molar-refractivity contribution < 1.29 is 19.1 Å². The summed E-state index contributed by atoms with van der Waals surface area (Å²) in [6, 6.07) is 14.2. The van der Waals surface area contributed by atoms with Crippen LogP contribution in [0.25, 0.3) is 11.0 Å². The summed E-state index contributed by atoms with van der Waals surface area (Å²) in [4.78, 5) is 29.4. The summed E-state index contributed by atoms with van der Waals surface area (Å²) in [6.45, 7) is 0.967. The molecule has 2 aliphatic rings. The number of rotatable bonds is 9. The summed E-state index contributed by atoms with van der Waals surface area (Å²) >= 11 is 0. The van der Waals surface area contributed by atoms with Crippen LogP contribution >= 0.6 is 0 Å². The molecule has 9 nitrogen and oxygen atoms in total. The number of hydrogen-bond donors (Lipinski definition) is 1. The van der Waals surface area contributed by atoms with Gasteiger partial charge in [0.05, 0.1) is 18.7 Å². The first-order chi connectivity index (χ1) is 17.6. The van der Waals surface area contributed by atoms with E-state index >= 15 is 0 Å². The van der Waals surface area contributed by atoms with E-state index in [9.17, 15) is 9.59 Å². The SMILES string of the molecule is COc1cccc([C@@H](C(=O)NC2CCCC2)N(C[C@H]2CCCO2)C(=O)Cn2nnc3ccccc32)c1. The average molecular weight is 492 g/mol. The molecule has 0 radical (unpaired) electrons. The Hall–Kier alpha value is -3.46. The molecule has 2 atom stereocenters. The number of methoxy groups -OCH3 is 1. The molecule has 0 bridgehead atoms. The molecule has 36 heavy (non-hydrogen) atoms. The van der Waals surface area contributed by atoms with Crippen LogP contribution in [0.4, 0.5) is 0 Å². The van der Waals surface area contributed by atoms with Crippen molar-refractivity contribution in [2.75, 3.05) is 20.3 Å². The number of hydrogen-bond acceptors (Lipinski definition) is 6. The van der Waals surface area contributed by atoms with E-state index < -0.39 is 6.04 Å². The summed E-state index contributed by atoms with van der Waals surface area (Å²) in [7, 11) is 1.60. The van der Waals surface area contributed by atoms with Crippen molar-refractivity contribution in [3.8, 4) is 5.75 Å². The highest BCUT2D eigenvalue weighted by Crippen LogP contribution is 2.29. The summed E-state index contributed by atoms with van der Waals surface area (Å²) in [5.74, 6) is 0.249. The monoisotopic (exact) mass is 491 g/mol. The zero-order valence-electron chi connectivity index (χ0n) is 20.6. The van der Waals surface area contributed by atoms with Crippen LogP contribution < -0.4 is 10.1 Å². The lowest BCUT2D eigenvalue weighted by molar-refractivity contribution is -0.143. The van der Waals surface area contributed by atoms with Crippen LogP contribution in [-0.2, 0) is 20.9 Å². The first-order valence-electron chi connectivity index (χ1n) is 12.8. The Labute approximate surface area is 210 Å². The molecule has 5 rings (SSSR count). The zero-order chi connectivity index (χ0) is 24.9. The van der Waals surface area contributed by atoms with Crippen molar-refractivity contribution in [3.05, 3.63) is 54.1 Å². The molecule has 190 valence electrons. The molecule has 1 saturated heterocycles. The van der Waals surface area contributed by atoms with Gasteiger partial charge in [-0.15, -0.1) is 5.10 Å². The molecule has 1 N–H and O–H groups in total. The summed E-state index contributed by atoms with van der Waals surface area (Å²) in [5, 5.41) is 11.6. The van der Waals surface area contributed by atoms with Gasteiger partial charge in [0.2, 0.25) is 11.8 Å². The van der Waals surface area contributed by atoms with Gasteiger partial charge in [0.25, 0.3) is 0 Å². The second kappa shape index (κ2) is 11.1. The molecule has 0 spiro atoms. The quantitative estimate of drug-likeness (QED) is 0.493. The highest BCUT2D eigenvalue weighted by Gasteiger charge is 2.36. The Morgan fingerprint density at radius 2 is 1.97 bits per heavy atom. The Bertz CT molecular complexity index is 1200. The molecule has 1 aliphatic heterocycles. The third-order valence-electron chi connectivity index (χ3n) is 7.12. The number of nitrogens with one attached hydrogen (secondary N) is 1. The van der Waals surface area contributed by atoms with Crippen LogP contribution in [0.5, 0.6) is 5.75 Å². The van der Waals surface area contributed by atoms with E-state index in [1.165, 1.54) is 0 Å². The van der Waals surface area contributed by atoms with Gasteiger partial charge in [0.15, 0.2) is 0 Å². The number of aromatic nitrogens is 3. The first-order valence-corrected chi connectivity index (χ1v) is 12.8. The number of para-hydroxylation sites is 1. The van der Waals surface area contributed by atoms with Crippen LogP contribution in [0.3, 0.4) is 0 Å². The maximum Gasteiger partial charge on any atom is 0.247 e. The minimum Gasteiger partial charge on any atom is -0.497 e. The van der Waals surface area contributed by atoms with Crippen LogP contribution in [0.2, 0.25) is 0 Å². The molecule has 1 aromatic heterocycles. The lowest BCUT2D eigenvalue weighted by atomic mass is 10.0. The molecule has 2 amide bonds. The molecule has 1 saturated carbocycles. The van der Waals surface area contributed by atoms with Crippen molar-refractivity contribution in [1.29, 1.82) is 0 Å². The zero-order valence-corrected chi connectivity index (χ0v) is 20.6. The predicted octanol–water partition coefficient (Wildman–Crippen LogP) is 3.25. The fourth-order valence-electron chi connectivity index (χ4n) is 5.25. The van der Waals surface area contributed by atoms with E-state index in [1.54, 1.807) is 16.7 Å². The number of amides is 2. The first kappa shape index (κ1) is 24.2. The van der Waals surface area contributed by atoms with Gasteiger partial charge in [-0.05, 0) is 55.5 Å². The number of fused-ring (bicyclic) bond motifs is 1. The summed E-state index contributed by atoms with van der Waals surface area (Å²) < 4.78 is 12.9. The van der Waals surface area contributed by atoms with Crippen LogP contribution in [0.15, 0.2) is 48.5 Å². The maximum absolute atomic E-state index is 13.9. The van der Waals surface area contributed by atoms with Crippen LogP contribution in [0, 0.1) is 0 Å². The van der Waals surface area contributed by atoms with Gasteiger partial charge in [-0.3, -0.25) is 9.59 Å². The van der Waals surface area contributed by atoms with E-state index in [4.69, 9.17) is 9.47 Å². The summed E-state index contributed by atoms with van der Waals surface area (Å²) in [6.07, 6.45) is 5.81. The van der Waals surface area contributed by atoms with Gasteiger partial charge in [-0.1, -0.05) is 42.3 Å². The fourth-order valence-corrected chi connectivity index (χ4v) is 5.25. The maximum atomic E-state index is 13.9. The number of carbonyl (C=O) groups excluding carboxylic acids is 2. The van der Waals surface area contributed by atoms with E-state index in [2.05, 4.69) is 15.6 Å². The van der Waals surface area contributed by atoms with Gasteiger partial charge >= 0.3 is 0 Å². The number of benzene rings is 2. The standard InChI is InChI=1S/C27H33N5O4/c1-35-21-11-6-8-19(16-21)26(27(34)28-20-9-2-3-10-20)31(17-22-12-7-15-36-22)25(33)18-32-24-14-5-4-13-23(24)29-30-32/h4-6,8,11,13-14,16,20,22,26H,2-3,7,9-10,12,15,17-18H2,1H3,(H,28,34)/t22-,26+/m1/s1. The van der Waals surface area contributed by atoms with E-state index in [1.807, 2.05) is 48.5 Å². The molecule has 2 heterocycles. The molecule has 3 aromatic rings. The number of ether oxygens (including phenoxy) is 2. The lowest BCUT2D eigenvalue weighted by Crippen LogP contribution is -2.49. The van der Waals surface area contributed by atoms with Gasteiger partial charge in [-0.25, -0.2) is 4.68 Å². The molecule has 2 aromatic carbocycles. The predicted molar refractivity (Wildman–Crippen MR) is 134 cm³/mol. The average Bonchev–Trinajstić information content (AvgIpc) is 3.67. The third-order valence-corrected chi connectivity index (χ3v) is 7.12. The minimum absolute atomic E-state index is 0.0234. The molecule has 9 heteroatoms. The topological polar surface area (TPSA) is 98.6 Å². The van der Waals surface area contributed by atoms with Gasteiger partial charge in [0.1, 0.15) is 23.9 Å². The van der Waals surface area contributed by atoms with E-state index in [0.717, 1.165) is 49.6 Å². The second-order valence-corrected chi connectivity index (χ2v) is 9.59. The smallest absolute Gasteiger partial charge is 0.247 e. The van der Waals surface area contributed by atoms with Gasteiger partial charge in [0, 0.05) is 19.2 Å². The van der Waals surface area contributed by atoms with Crippen LogP contribution in [0.1, 0.15) is 50.1 Å². The Morgan fingerprint density at radius 1 is 1.14 bits per heavy atom. The summed E-state index contributed by atoms with van der Waals surface area (Å²) in [5.41, 5.74) is 2.20. The van der Waals surface area contributed by atoms with Crippen molar-refractivity contribution >= 4 is 22.8 Å². The van der Waals surface area contributed by atoms with Crippen molar-refractivity contribution in [2.24, 2.45) is 0 Å². The van der Waals surface area contributed by atoms with Gasteiger partial charge < -0.3 is 19.7 Å². The minimum atomic E-state index is -0.813. The second-order valence-electron chi connectivity index (χ2n) is 9.59. The number of carbonyl (C=O) groups is 2. The van der Waals surface area contributed by atoms with Gasteiger partial charge in [-0.2, -0.15) is 0 Å². The highest BCUT2D eigenvalue weighted by molar-refractivity contribution is 5.89. The van der Waals surface area contributed by atoms with Crippen molar-refractivity contribution in [3.63, 3.8) is 0 Å². The Morgan fingerprint density at radius 3 is 2.75 bits per heavy atom. The Balaban J connectivity index is 1.49. The molecular weight excluding hydrogens is 458 g/mol. The van der Waals surface area contributed by atoms with Crippen molar-refractivity contribution in [2.45, 2.75) is 63.3 Å².